The molecule has 6 aromatic carbocycles. The van der Waals surface area contributed by atoms with Gasteiger partial charge in [0.15, 0.2) is 5.69 Å². The molecule has 2 aromatic heterocycles. The molecule has 8 rings (SSSR count). The predicted molar refractivity (Wildman–Crippen MR) is 196 cm³/mol. The Hall–Kier alpha value is -6.01. The first-order chi connectivity index (χ1) is 24.7. The second kappa shape index (κ2) is 11.5. The van der Waals surface area contributed by atoms with E-state index in [1.54, 1.807) is 21.3 Å². The van der Waals surface area contributed by atoms with Crippen molar-refractivity contribution in [1.82, 2.24) is 9.13 Å². The van der Waals surface area contributed by atoms with E-state index in [2.05, 4.69) is 4.85 Å². The summed E-state index contributed by atoms with van der Waals surface area (Å²) in [5.41, 5.74) is 1.97. The topological polar surface area (TPSA) is 14.2 Å². The molecule has 0 unspecified atom stereocenters. The Kier molecular flexibility index (Phi) is 7.33. The van der Waals surface area contributed by atoms with Crippen molar-refractivity contribution < 1.29 is 26.3 Å². The van der Waals surface area contributed by atoms with E-state index in [4.69, 9.17) is 6.57 Å². The molecule has 8 aromatic rings. The Morgan fingerprint density at radius 2 is 0.923 bits per heavy atom. The van der Waals surface area contributed by atoms with E-state index in [0.717, 1.165) is 62.0 Å². The van der Waals surface area contributed by atoms with E-state index in [-0.39, 0.29) is 16.9 Å². The van der Waals surface area contributed by atoms with Crippen LogP contribution in [0, 0.1) is 34.3 Å². The van der Waals surface area contributed by atoms with E-state index in [1.807, 2.05) is 88.4 Å². The molecular weight excluding hydrogens is 672 g/mol. The first-order valence-electron chi connectivity index (χ1n) is 16.5. The summed E-state index contributed by atoms with van der Waals surface area (Å²) < 4.78 is 94.7. The zero-order valence-electron chi connectivity index (χ0n) is 28.4. The highest BCUT2D eigenvalue weighted by Crippen LogP contribution is 2.49. The molecule has 52 heavy (non-hydrogen) atoms. The minimum atomic E-state index is -5.03. The first-order valence-corrected chi connectivity index (χ1v) is 16.5. The van der Waals surface area contributed by atoms with Gasteiger partial charge < -0.3 is 9.13 Å². The van der Waals surface area contributed by atoms with Gasteiger partial charge in [-0.05, 0) is 99.5 Å². The zero-order valence-corrected chi connectivity index (χ0v) is 28.4. The summed E-state index contributed by atoms with van der Waals surface area (Å²) in [4.78, 5) is 3.35. The lowest BCUT2D eigenvalue weighted by Crippen LogP contribution is -2.15. The number of hydrogen-bond donors (Lipinski definition) is 0. The van der Waals surface area contributed by atoms with Gasteiger partial charge in [-0.15, -0.1) is 0 Å². The highest BCUT2D eigenvalue weighted by molar-refractivity contribution is 6.12. The Bertz CT molecular complexity index is 2710. The monoisotopic (exact) mass is 701 g/mol. The molecule has 0 aliphatic carbocycles. The third-order valence-corrected chi connectivity index (χ3v) is 9.77. The Labute approximate surface area is 294 Å². The van der Waals surface area contributed by atoms with Gasteiger partial charge >= 0.3 is 12.4 Å². The Morgan fingerprint density at radius 3 is 1.33 bits per heavy atom. The number of benzene rings is 6. The maximum Gasteiger partial charge on any atom is 0.418 e. The highest BCUT2D eigenvalue weighted by Gasteiger charge is 2.40. The van der Waals surface area contributed by atoms with Crippen LogP contribution in [0.2, 0.25) is 0 Å². The molecule has 2 heterocycles. The molecule has 0 saturated heterocycles. The lowest BCUT2D eigenvalue weighted by atomic mass is 9.93. The fourth-order valence-electron chi connectivity index (χ4n) is 7.56. The van der Waals surface area contributed by atoms with Crippen LogP contribution in [0.25, 0.3) is 71.0 Å². The molecule has 258 valence electrons. The van der Waals surface area contributed by atoms with E-state index >= 15 is 13.2 Å². The third kappa shape index (κ3) is 5.12. The van der Waals surface area contributed by atoms with Crippen molar-refractivity contribution in [3.05, 3.63) is 148 Å². The van der Waals surface area contributed by atoms with Gasteiger partial charge in [-0.2, -0.15) is 26.3 Å². The van der Waals surface area contributed by atoms with Crippen LogP contribution in [0.1, 0.15) is 33.4 Å². The maximum absolute atomic E-state index is 15.8. The lowest BCUT2D eigenvalue weighted by Gasteiger charge is -2.24. The summed E-state index contributed by atoms with van der Waals surface area (Å²) >= 11 is 0. The average Bonchev–Trinajstić information content (AvgIpc) is 3.57. The van der Waals surface area contributed by atoms with Crippen LogP contribution in [0.15, 0.2) is 103 Å². The number of halogens is 6. The van der Waals surface area contributed by atoms with Gasteiger partial charge in [-0.1, -0.05) is 64.7 Å². The molecule has 3 nitrogen and oxygen atoms in total. The van der Waals surface area contributed by atoms with Crippen LogP contribution in [-0.2, 0) is 12.4 Å². The first kappa shape index (κ1) is 33.2. The number of alkyl halides is 6. The van der Waals surface area contributed by atoms with Gasteiger partial charge in [0.2, 0.25) is 0 Å². The summed E-state index contributed by atoms with van der Waals surface area (Å²) in [5, 5.41) is 3.06. The van der Waals surface area contributed by atoms with Crippen LogP contribution in [0.4, 0.5) is 32.0 Å². The molecule has 0 aliphatic rings. The summed E-state index contributed by atoms with van der Waals surface area (Å²) in [7, 11) is 0. The quantitative estimate of drug-likeness (QED) is 0.129. The van der Waals surface area contributed by atoms with Crippen LogP contribution in [-0.4, -0.2) is 9.13 Å². The van der Waals surface area contributed by atoms with Crippen LogP contribution < -0.4 is 0 Å². The average molecular weight is 702 g/mol. The normalized spacial score (nSPS) is 12.4. The second-order valence-corrected chi connectivity index (χ2v) is 13.5. The molecule has 0 bridgehead atoms. The summed E-state index contributed by atoms with van der Waals surface area (Å²) in [6, 6.07) is 27.6. The number of aryl methyl sites for hydroxylation is 4. The van der Waals surface area contributed by atoms with Crippen molar-refractivity contribution in [1.29, 1.82) is 0 Å². The summed E-state index contributed by atoms with van der Waals surface area (Å²) in [6.07, 6.45) is -9.98. The SMILES string of the molecule is [C-]#[N+]c1cccc(C(F)(F)F)c1-c1cc(-n2c3ccc(C)cc3c3cc(C)ccc32)c(-n2c3ccc(C)cc3c3cc(C)ccc32)c(C(F)(F)F)c1. The Morgan fingerprint density at radius 1 is 0.500 bits per heavy atom. The van der Waals surface area contributed by atoms with Gasteiger partial charge in [0.25, 0.3) is 0 Å². The highest BCUT2D eigenvalue weighted by atomic mass is 19.4. The lowest BCUT2D eigenvalue weighted by molar-refractivity contribution is -0.137. The van der Waals surface area contributed by atoms with E-state index in [1.165, 1.54) is 12.1 Å². The molecule has 0 saturated carbocycles. The zero-order chi connectivity index (χ0) is 36.9. The number of hydrogen-bond acceptors (Lipinski definition) is 0. The maximum atomic E-state index is 15.8. The van der Waals surface area contributed by atoms with Crippen molar-refractivity contribution in [3.8, 4) is 22.5 Å². The van der Waals surface area contributed by atoms with E-state index in [9.17, 15) is 13.2 Å². The third-order valence-electron chi connectivity index (χ3n) is 9.77. The largest absolute Gasteiger partial charge is 0.418 e. The molecule has 0 spiro atoms. The molecule has 0 aliphatic heterocycles. The number of fused-ring (bicyclic) bond motifs is 6. The second-order valence-electron chi connectivity index (χ2n) is 13.5. The van der Waals surface area contributed by atoms with Gasteiger partial charge in [0.05, 0.1) is 51.1 Å². The Balaban J connectivity index is 1.66. The van der Waals surface area contributed by atoms with Gasteiger partial charge in [0.1, 0.15) is 0 Å². The molecule has 9 heteroatoms. The number of rotatable bonds is 3. The van der Waals surface area contributed by atoms with Crippen LogP contribution in [0.5, 0.6) is 0 Å². The summed E-state index contributed by atoms with van der Waals surface area (Å²) in [5.74, 6) is 0. The van der Waals surface area contributed by atoms with Crippen LogP contribution >= 0.6 is 0 Å². The standard InChI is InChI=1S/C43H29F6N3/c1-23-9-13-35-28(17-23)29-18-24(2)10-14-36(29)51(35)39-22-27(40-32(42(44,45)46)7-6-8-34(40)50-5)21-33(43(47,48)49)41(39)52-37-15-11-25(3)19-30(37)31-20-26(4)12-16-38(31)52/h6-22H,1-4H3. The van der Waals surface area contributed by atoms with Crippen molar-refractivity contribution in [2.24, 2.45) is 0 Å². The van der Waals surface area contributed by atoms with Gasteiger partial charge in [0, 0.05) is 21.5 Å². The molecule has 0 amide bonds. The van der Waals surface area contributed by atoms with Crippen molar-refractivity contribution in [2.75, 3.05) is 0 Å². The number of nitrogens with zero attached hydrogens (tertiary/aromatic N) is 3. The molecular formula is C43H29F6N3. The van der Waals surface area contributed by atoms with Crippen molar-refractivity contribution >= 4 is 49.3 Å². The minimum Gasteiger partial charge on any atom is -0.307 e. The minimum absolute atomic E-state index is 0.0189. The van der Waals surface area contributed by atoms with E-state index < -0.39 is 34.7 Å². The molecule has 0 atom stereocenters. The van der Waals surface area contributed by atoms with Gasteiger partial charge in [-0.3, -0.25) is 0 Å². The van der Waals surface area contributed by atoms with E-state index in [0.29, 0.717) is 22.1 Å². The summed E-state index contributed by atoms with van der Waals surface area (Å²) in [6.45, 7) is 15.4. The molecule has 0 N–H and O–H groups in total. The van der Waals surface area contributed by atoms with Crippen molar-refractivity contribution in [3.63, 3.8) is 0 Å². The number of aromatic nitrogens is 2. The molecule has 0 radical (unpaired) electrons. The smallest absolute Gasteiger partial charge is 0.307 e. The van der Waals surface area contributed by atoms with Crippen LogP contribution in [0.3, 0.4) is 0 Å². The fourth-order valence-corrected chi connectivity index (χ4v) is 7.56. The van der Waals surface area contributed by atoms with Crippen molar-refractivity contribution in [2.45, 2.75) is 40.0 Å². The predicted octanol–water partition coefficient (Wildman–Crippen LogP) is 13.4. The van der Waals surface area contributed by atoms with Gasteiger partial charge in [-0.25, -0.2) is 4.85 Å². The fraction of sp³-hybridized carbons (Fsp3) is 0.140. The molecule has 0 fully saturated rings.